The molecule has 1 N–H and O–H groups in total. The summed E-state index contributed by atoms with van der Waals surface area (Å²) in [6, 6.07) is 7.29. The number of halogens is 2. The van der Waals surface area contributed by atoms with Crippen LogP contribution in [-0.4, -0.2) is 52.7 Å². The number of rotatable bonds is 10. The molecule has 0 aliphatic heterocycles. The monoisotopic (exact) mass is 588 g/mol. The van der Waals surface area contributed by atoms with Gasteiger partial charge in [0.15, 0.2) is 4.90 Å². The minimum Gasteiger partial charge on any atom is -0.493 e. The summed E-state index contributed by atoms with van der Waals surface area (Å²) in [7, 11) is -1.51. The highest BCUT2D eigenvalue weighted by Crippen LogP contribution is 2.33. The normalized spacial score (nSPS) is 12.7. The molecule has 0 bridgehead atoms. The van der Waals surface area contributed by atoms with Crippen molar-refractivity contribution in [3.63, 3.8) is 0 Å². The predicted octanol–water partition coefficient (Wildman–Crippen LogP) is 3.93. The van der Waals surface area contributed by atoms with Crippen molar-refractivity contribution in [3.05, 3.63) is 87.7 Å². The molecule has 0 saturated carbocycles. The van der Waals surface area contributed by atoms with Crippen molar-refractivity contribution >= 4 is 9.84 Å². The first kappa shape index (κ1) is 30.0. The van der Waals surface area contributed by atoms with Gasteiger partial charge in [0.1, 0.15) is 24.1 Å². The topological polar surface area (TPSA) is 126 Å². The molecule has 218 valence electrons. The highest BCUT2D eigenvalue weighted by molar-refractivity contribution is 7.91. The summed E-state index contributed by atoms with van der Waals surface area (Å²) in [5.41, 5.74) is 1.15. The predicted molar refractivity (Wildman–Crippen MR) is 145 cm³/mol. The van der Waals surface area contributed by atoms with E-state index in [1.54, 1.807) is 43.9 Å². The molecule has 0 aliphatic rings. The fourth-order valence-electron chi connectivity index (χ4n) is 4.41. The zero-order valence-corrected chi connectivity index (χ0v) is 23.9. The second-order valence-electron chi connectivity index (χ2n) is 9.68. The van der Waals surface area contributed by atoms with Crippen LogP contribution in [0.15, 0.2) is 63.2 Å². The zero-order valence-electron chi connectivity index (χ0n) is 23.1. The van der Waals surface area contributed by atoms with Crippen LogP contribution in [0.2, 0.25) is 0 Å². The largest absolute Gasteiger partial charge is 0.493 e. The number of methoxy groups -OCH3 is 1. The van der Waals surface area contributed by atoms with E-state index in [-0.39, 0.29) is 35.6 Å². The summed E-state index contributed by atoms with van der Waals surface area (Å²) >= 11 is 0. The zero-order chi connectivity index (χ0) is 30.1. The Morgan fingerprint density at radius 2 is 1.71 bits per heavy atom. The highest BCUT2D eigenvalue weighted by Gasteiger charge is 2.33. The first-order chi connectivity index (χ1) is 19.3. The Kier molecular flexibility index (Phi) is 8.71. The Morgan fingerprint density at radius 3 is 2.24 bits per heavy atom. The first-order valence-corrected chi connectivity index (χ1v) is 14.1. The van der Waals surface area contributed by atoms with Crippen molar-refractivity contribution in [2.75, 3.05) is 13.7 Å². The van der Waals surface area contributed by atoms with Crippen LogP contribution in [0.4, 0.5) is 8.78 Å². The maximum atomic E-state index is 14.2. The molecule has 2 aromatic carbocycles. The van der Waals surface area contributed by atoms with E-state index in [4.69, 9.17) is 9.47 Å². The number of aromatic hydroxyl groups is 1. The molecule has 0 radical (unpaired) electrons. The van der Waals surface area contributed by atoms with Gasteiger partial charge in [0, 0.05) is 31.5 Å². The molecule has 0 spiro atoms. The average molecular weight is 589 g/mol. The van der Waals surface area contributed by atoms with Crippen LogP contribution in [0.25, 0.3) is 11.1 Å². The number of benzene rings is 2. The maximum Gasteiger partial charge on any atom is 0.296 e. The summed E-state index contributed by atoms with van der Waals surface area (Å²) in [6.07, 6.45) is 1.33. The van der Waals surface area contributed by atoms with Gasteiger partial charge in [-0.25, -0.2) is 17.2 Å². The smallest absolute Gasteiger partial charge is 0.296 e. The van der Waals surface area contributed by atoms with E-state index < -0.39 is 43.8 Å². The molecule has 0 fully saturated rings. The summed E-state index contributed by atoms with van der Waals surface area (Å²) in [5.74, 6) is -2.92. The molecule has 41 heavy (non-hydrogen) atoms. The molecular weight excluding hydrogens is 558 g/mol. The second-order valence-corrected chi connectivity index (χ2v) is 11.6. The molecule has 0 aliphatic carbocycles. The lowest BCUT2D eigenvalue weighted by molar-refractivity contribution is 0.0554. The van der Waals surface area contributed by atoms with E-state index in [0.717, 1.165) is 28.0 Å². The lowest BCUT2D eigenvalue weighted by Gasteiger charge is -2.26. The minimum atomic E-state index is -4.62. The Balaban J connectivity index is 1.90. The molecule has 0 saturated heterocycles. The standard InChI is InChI=1S/C28H30F2N4O6S/c1-16(2)40-15-25-32-27(35)26(28(36)34(25)24(14-39-5)19-10-20(29)12-21(30)11-19)41(37,38)22-8-6-18(7-9-22)23-13-31-33(4)17(23)3/h6-13,16,24,36H,14-15H2,1-5H3. The average Bonchev–Trinajstić information content (AvgIpc) is 3.23. The van der Waals surface area contributed by atoms with Gasteiger partial charge in [-0.15, -0.1) is 0 Å². The number of hydrogen-bond acceptors (Lipinski definition) is 8. The number of nitrogens with zero attached hydrogens (tertiary/aromatic N) is 4. The number of aryl methyl sites for hydroxylation is 1. The molecule has 10 nitrogen and oxygen atoms in total. The Labute approximate surface area is 235 Å². The fourth-order valence-corrected chi connectivity index (χ4v) is 5.76. The first-order valence-electron chi connectivity index (χ1n) is 12.6. The number of aromatic nitrogens is 4. The van der Waals surface area contributed by atoms with Gasteiger partial charge in [0.25, 0.3) is 5.56 Å². The summed E-state index contributed by atoms with van der Waals surface area (Å²) in [5, 5.41) is 15.6. The molecule has 13 heteroatoms. The van der Waals surface area contributed by atoms with Crippen LogP contribution in [0.1, 0.15) is 37.0 Å². The third-order valence-electron chi connectivity index (χ3n) is 6.57. The summed E-state index contributed by atoms with van der Waals surface area (Å²) in [6.45, 7) is 4.76. The van der Waals surface area contributed by atoms with Crippen molar-refractivity contribution in [1.82, 2.24) is 19.3 Å². The van der Waals surface area contributed by atoms with Gasteiger partial charge in [-0.3, -0.25) is 14.0 Å². The van der Waals surface area contributed by atoms with Crippen LogP contribution < -0.4 is 5.56 Å². The van der Waals surface area contributed by atoms with E-state index in [1.807, 2.05) is 6.92 Å². The van der Waals surface area contributed by atoms with Gasteiger partial charge in [-0.05, 0) is 56.2 Å². The molecule has 4 aromatic rings. The van der Waals surface area contributed by atoms with Crippen molar-refractivity contribution < 1.29 is 31.8 Å². The number of hydrogen-bond donors (Lipinski definition) is 1. The van der Waals surface area contributed by atoms with Gasteiger partial charge in [-0.2, -0.15) is 10.1 Å². The van der Waals surface area contributed by atoms with Gasteiger partial charge in [0.2, 0.25) is 15.7 Å². The Morgan fingerprint density at radius 1 is 1.07 bits per heavy atom. The van der Waals surface area contributed by atoms with Gasteiger partial charge >= 0.3 is 0 Å². The van der Waals surface area contributed by atoms with Crippen LogP contribution in [0, 0.1) is 18.6 Å². The van der Waals surface area contributed by atoms with Crippen molar-refractivity contribution in [2.45, 2.75) is 49.3 Å². The molecule has 1 unspecified atom stereocenters. The molecule has 2 heterocycles. The third kappa shape index (κ3) is 6.06. The van der Waals surface area contributed by atoms with Gasteiger partial charge in [-0.1, -0.05) is 12.1 Å². The van der Waals surface area contributed by atoms with E-state index >= 15 is 0 Å². The van der Waals surface area contributed by atoms with E-state index in [1.165, 1.54) is 19.2 Å². The minimum absolute atomic E-state index is 0.00966. The number of sulfone groups is 1. The van der Waals surface area contributed by atoms with E-state index in [9.17, 15) is 27.1 Å². The highest BCUT2D eigenvalue weighted by atomic mass is 32.2. The second kappa shape index (κ2) is 11.9. The Hall–Kier alpha value is -3.94. The van der Waals surface area contributed by atoms with Crippen LogP contribution in [-0.2, 0) is 33.0 Å². The molecule has 0 amide bonds. The van der Waals surface area contributed by atoms with Gasteiger partial charge in [0.05, 0.1) is 29.8 Å². The molecular formula is C28H30F2N4O6S. The molecule has 2 aromatic heterocycles. The van der Waals surface area contributed by atoms with E-state index in [0.29, 0.717) is 11.6 Å². The summed E-state index contributed by atoms with van der Waals surface area (Å²) < 4.78 is 69.4. The quantitative estimate of drug-likeness (QED) is 0.296. The lowest BCUT2D eigenvalue weighted by Crippen LogP contribution is -2.30. The number of ether oxygens (including phenoxy) is 2. The lowest BCUT2D eigenvalue weighted by atomic mass is 10.1. The van der Waals surface area contributed by atoms with Crippen LogP contribution in [0.5, 0.6) is 5.88 Å². The van der Waals surface area contributed by atoms with Crippen molar-refractivity contribution in [2.24, 2.45) is 7.05 Å². The SMILES string of the molecule is COCC(c1cc(F)cc(F)c1)n1c(COC(C)C)nc(=O)c(S(=O)(=O)c2ccc(-c3cnn(C)c3C)cc2)c1O. The summed E-state index contributed by atoms with van der Waals surface area (Å²) in [4.78, 5) is 15.8. The van der Waals surface area contributed by atoms with Crippen molar-refractivity contribution in [1.29, 1.82) is 0 Å². The fraction of sp³-hybridized carbons (Fsp3) is 0.321. The maximum absolute atomic E-state index is 14.2. The van der Waals surface area contributed by atoms with Crippen molar-refractivity contribution in [3.8, 4) is 17.0 Å². The van der Waals surface area contributed by atoms with Crippen LogP contribution in [0.3, 0.4) is 0 Å². The molecule has 1 atom stereocenters. The van der Waals surface area contributed by atoms with Crippen LogP contribution >= 0.6 is 0 Å². The van der Waals surface area contributed by atoms with E-state index in [2.05, 4.69) is 10.1 Å². The third-order valence-corrected chi connectivity index (χ3v) is 8.35. The Bertz CT molecular complexity index is 1710. The molecule has 4 rings (SSSR count). The van der Waals surface area contributed by atoms with Gasteiger partial charge < -0.3 is 14.6 Å².